The highest BCUT2D eigenvalue weighted by Crippen LogP contribution is 2.64. The van der Waals surface area contributed by atoms with Gasteiger partial charge in [-0.15, -0.1) is 0 Å². The van der Waals surface area contributed by atoms with Gasteiger partial charge >= 0.3 is 17.9 Å². The van der Waals surface area contributed by atoms with E-state index in [1.807, 2.05) is 89.8 Å². The number of nitrogens with zero attached hydrogens (tertiary/aromatic N) is 2. The van der Waals surface area contributed by atoms with Gasteiger partial charge in [-0.25, -0.2) is 0 Å². The molecule has 326 valence electrons. The van der Waals surface area contributed by atoms with Gasteiger partial charge in [0, 0.05) is 42.5 Å². The smallest absolute Gasteiger partial charge is 0.324 e. The molecule has 4 aromatic carbocycles. The van der Waals surface area contributed by atoms with Crippen molar-refractivity contribution in [2.24, 2.45) is 11.8 Å². The fourth-order valence-electron chi connectivity index (χ4n) is 9.35. The van der Waals surface area contributed by atoms with Gasteiger partial charge in [0.2, 0.25) is 11.8 Å². The number of hydrogen-bond donors (Lipinski definition) is 3. The third-order valence-corrected chi connectivity index (χ3v) is 12.1. The van der Waals surface area contributed by atoms with Crippen molar-refractivity contribution in [1.29, 1.82) is 0 Å². The van der Waals surface area contributed by atoms with Gasteiger partial charge in [-0.3, -0.25) is 33.9 Å². The fraction of sp³-hybridized carbons (Fsp3) is 0.280. The van der Waals surface area contributed by atoms with Crippen molar-refractivity contribution in [2.45, 2.75) is 42.5 Å². The molecular formula is C50H46N4O10. The number of rotatable bonds is 13. The predicted octanol–water partition coefficient (Wildman–Crippen LogP) is 4.79. The molecule has 0 aliphatic carbocycles. The first-order valence-corrected chi connectivity index (χ1v) is 20.9. The van der Waals surface area contributed by atoms with Crippen molar-refractivity contribution >= 4 is 35.4 Å². The molecule has 6 atom stereocenters. The van der Waals surface area contributed by atoms with Gasteiger partial charge in [-0.1, -0.05) is 90.7 Å². The van der Waals surface area contributed by atoms with Crippen LogP contribution in [0.25, 0.3) is 0 Å². The molecule has 1 spiro atoms. The number of amides is 2. The lowest BCUT2D eigenvalue weighted by Gasteiger charge is -2.46. The third-order valence-electron chi connectivity index (χ3n) is 12.1. The molecule has 3 aliphatic rings. The van der Waals surface area contributed by atoms with E-state index < -0.39 is 71.2 Å². The zero-order chi connectivity index (χ0) is 44.8. The number of nitrogens with one attached hydrogen (secondary N) is 2. The first-order valence-electron chi connectivity index (χ1n) is 20.9. The molecular weight excluding hydrogens is 817 g/mol. The number of benzene rings is 4. The normalized spacial score (nSPS) is 22.0. The number of aliphatic hydroxyl groups excluding tert-OH is 1. The Kier molecular flexibility index (Phi) is 12.8. The van der Waals surface area contributed by atoms with Crippen LogP contribution in [0.3, 0.4) is 0 Å². The number of methoxy groups -OCH3 is 2. The molecule has 0 saturated carbocycles. The van der Waals surface area contributed by atoms with Crippen LogP contribution in [0.5, 0.6) is 5.75 Å². The summed E-state index contributed by atoms with van der Waals surface area (Å²) in [6.45, 7) is 0.0139. The highest BCUT2D eigenvalue weighted by molar-refractivity contribution is 6.12. The molecule has 4 heterocycles. The Hall–Kier alpha value is -7.34. The van der Waals surface area contributed by atoms with Gasteiger partial charge in [0.25, 0.3) is 0 Å². The molecule has 2 amide bonds. The molecule has 2 fully saturated rings. The second-order valence-electron chi connectivity index (χ2n) is 15.6. The number of aromatic nitrogens is 1. The number of morpholine rings is 1. The first kappa shape index (κ1) is 43.3. The van der Waals surface area contributed by atoms with E-state index in [1.165, 1.54) is 14.2 Å². The molecule has 0 radical (unpaired) electrons. The van der Waals surface area contributed by atoms with Gasteiger partial charge in [0.05, 0.1) is 38.8 Å². The number of pyridine rings is 1. The number of carbonyl (C=O) groups excluding carboxylic acids is 5. The number of fused-ring (bicyclic) bond motifs is 3. The van der Waals surface area contributed by atoms with Gasteiger partial charge in [0.1, 0.15) is 29.9 Å². The molecule has 3 aliphatic heterocycles. The van der Waals surface area contributed by atoms with Crippen LogP contribution in [-0.2, 0) is 50.0 Å². The Morgan fingerprint density at radius 1 is 0.859 bits per heavy atom. The van der Waals surface area contributed by atoms with Gasteiger partial charge in [0.15, 0.2) is 5.92 Å². The molecule has 5 aromatic rings. The fourth-order valence-corrected chi connectivity index (χ4v) is 9.35. The molecule has 64 heavy (non-hydrogen) atoms. The molecule has 14 nitrogen and oxygen atoms in total. The van der Waals surface area contributed by atoms with Crippen LogP contribution in [0.15, 0.2) is 128 Å². The van der Waals surface area contributed by atoms with Crippen molar-refractivity contribution in [3.8, 4) is 17.6 Å². The van der Waals surface area contributed by atoms with E-state index in [2.05, 4.69) is 27.5 Å². The number of hydrogen-bond acceptors (Lipinski definition) is 12. The van der Waals surface area contributed by atoms with E-state index in [4.69, 9.17) is 18.9 Å². The highest BCUT2D eigenvalue weighted by Gasteiger charge is 2.74. The van der Waals surface area contributed by atoms with Crippen LogP contribution in [0, 0.1) is 23.7 Å². The van der Waals surface area contributed by atoms with Crippen molar-refractivity contribution in [3.05, 3.63) is 161 Å². The lowest BCUT2D eigenvalue weighted by Crippen LogP contribution is -2.55. The number of ether oxygens (including phenoxy) is 4. The van der Waals surface area contributed by atoms with E-state index in [1.54, 1.807) is 42.6 Å². The van der Waals surface area contributed by atoms with Crippen LogP contribution in [0.1, 0.15) is 58.1 Å². The molecule has 0 unspecified atom stereocenters. The number of anilines is 1. The zero-order valence-electron chi connectivity index (χ0n) is 35.1. The molecule has 0 bridgehead atoms. The molecule has 14 heteroatoms. The summed E-state index contributed by atoms with van der Waals surface area (Å²) in [7, 11) is 2.34. The zero-order valence-corrected chi connectivity index (χ0v) is 35.1. The number of carbonyl (C=O) groups is 5. The van der Waals surface area contributed by atoms with Gasteiger partial charge < -0.3 is 34.7 Å². The monoisotopic (exact) mass is 862 g/mol. The maximum atomic E-state index is 15.5. The molecule has 2 saturated heterocycles. The quantitative estimate of drug-likeness (QED) is 0.0639. The second-order valence-corrected chi connectivity index (χ2v) is 15.6. The summed E-state index contributed by atoms with van der Waals surface area (Å²) in [4.78, 5) is 77.2. The van der Waals surface area contributed by atoms with Gasteiger partial charge in [-0.05, 0) is 64.7 Å². The van der Waals surface area contributed by atoms with E-state index in [9.17, 15) is 14.7 Å². The Morgan fingerprint density at radius 2 is 1.55 bits per heavy atom. The maximum Gasteiger partial charge on any atom is 0.324 e. The summed E-state index contributed by atoms with van der Waals surface area (Å²) in [5.74, 6) is 0.437. The summed E-state index contributed by atoms with van der Waals surface area (Å²) in [6, 6.07) is 33.7. The lowest BCUT2D eigenvalue weighted by atomic mass is 9.65. The predicted molar refractivity (Wildman–Crippen MR) is 232 cm³/mol. The molecule has 3 N–H and O–H groups in total. The number of esters is 3. The summed E-state index contributed by atoms with van der Waals surface area (Å²) in [5, 5.41) is 15.6. The minimum absolute atomic E-state index is 0.0575. The van der Waals surface area contributed by atoms with Crippen molar-refractivity contribution < 1.29 is 48.0 Å². The lowest BCUT2D eigenvalue weighted by molar-refractivity contribution is -0.178. The minimum Gasteiger partial charge on any atom is -0.491 e. The average molecular weight is 863 g/mol. The first-order chi connectivity index (χ1) is 31.2. The third kappa shape index (κ3) is 8.07. The Balaban J connectivity index is 1.34. The van der Waals surface area contributed by atoms with E-state index in [0.717, 1.165) is 16.8 Å². The molecule has 8 rings (SSSR count). The van der Waals surface area contributed by atoms with Crippen LogP contribution in [0.4, 0.5) is 5.69 Å². The molecule has 1 aromatic heterocycles. The second kappa shape index (κ2) is 19.0. The van der Waals surface area contributed by atoms with Crippen molar-refractivity contribution in [1.82, 2.24) is 15.2 Å². The maximum absolute atomic E-state index is 15.5. The summed E-state index contributed by atoms with van der Waals surface area (Å²) < 4.78 is 21.9. The van der Waals surface area contributed by atoms with Crippen LogP contribution >= 0.6 is 0 Å². The Labute approximate surface area is 369 Å². The highest BCUT2D eigenvalue weighted by atomic mass is 16.6. The van der Waals surface area contributed by atoms with E-state index >= 15 is 14.4 Å². The number of cyclic esters (lactones) is 1. The SMILES string of the molecule is COC(=O)C(CC#Cc1ccc2c(c1)[C@]1(C(=O)N2)[C@H](c2ccc(OCCO)cc2)N2[C@H](c3ccccc3)[C@H](c3ccccc3)OC(=O)[C@H]2[C@@H]1C(=O)NCCc1ccccn1)C(=O)OC. The average Bonchev–Trinajstić information content (AvgIpc) is 3.81. The number of aliphatic hydroxyl groups is 1. The van der Waals surface area contributed by atoms with Crippen LogP contribution < -0.4 is 15.4 Å². The van der Waals surface area contributed by atoms with Crippen molar-refractivity contribution in [2.75, 3.05) is 39.3 Å². The van der Waals surface area contributed by atoms with Crippen LogP contribution in [-0.4, -0.2) is 84.7 Å². The Bertz CT molecular complexity index is 2570. The van der Waals surface area contributed by atoms with E-state index in [0.29, 0.717) is 34.5 Å². The van der Waals surface area contributed by atoms with E-state index in [-0.39, 0.29) is 26.2 Å². The summed E-state index contributed by atoms with van der Waals surface area (Å²) in [5.41, 5.74) is 2.31. The van der Waals surface area contributed by atoms with Crippen molar-refractivity contribution in [3.63, 3.8) is 0 Å². The minimum atomic E-state index is -1.79. The Morgan fingerprint density at radius 3 is 2.20 bits per heavy atom. The summed E-state index contributed by atoms with van der Waals surface area (Å²) >= 11 is 0. The summed E-state index contributed by atoms with van der Waals surface area (Å²) in [6.07, 6.45) is 0.980. The van der Waals surface area contributed by atoms with Crippen LogP contribution in [0.2, 0.25) is 0 Å². The van der Waals surface area contributed by atoms with Gasteiger partial charge in [-0.2, -0.15) is 0 Å². The largest absolute Gasteiger partial charge is 0.491 e. The standard InChI is InChI=1S/C50H46N4O10/c1-61-46(57)37(47(58)62-2)18-11-12-31-19-24-39-38(30-31)50(49(60)53-39)40(45(56)52-27-25-35-17-9-10-26-51-35)42-48(59)64-43(33-15-7-4-8-16-33)41(32-13-5-3-6-14-32)54(42)44(50)34-20-22-36(23-21-34)63-29-28-55/h3-10,13-17,19-24,26,30,37,40-44,55H,18,25,27-29H2,1-2H3,(H,52,56)(H,53,60)/t40-,41-,42-,43+,44+,50-/m1/s1. The topological polar surface area (TPSA) is 183 Å².